The second-order valence-electron chi connectivity index (χ2n) is 5.38. The Morgan fingerprint density at radius 2 is 2.37 bits per heavy atom. The normalized spacial score (nSPS) is 19.9. The molecular weight excluding hydrogens is 236 g/mol. The SMILES string of the molecule is CCCn1c(CC2CCCCN2)nc2cccnc21. The van der Waals surface area contributed by atoms with E-state index in [9.17, 15) is 0 Å². The van der Waals surface area contributed by atoms with Gasteiger partial charge in [0.2, 0.25) is 0 Å². The fourth-order valence-electron chi connectivity index (χ4n) is 2.94. The maximum Gasteiger partial charge on any atom is 0.159 e. The standard InChI is InChI=1S/C15H22N4/c1-2-10-19-14(11-12-6-3-4-8-16-12)18-13-7-5-9-17-15(13)19/h5,7,9,12,16H,2-4,6,8,10-11H2,1H3. The van der Waals surface area contributed by atoms with Crippen LogP contribution in [0.1, 0.15) is 38.4 Å². The lowest BCUT2D eigenvalue weighted by Gasteiger charge is -2.23. The third-order valence-electron chi connectivity index (χ3n) is 3.87. The van der Waals surface area contributed by atoms with E-state index in [0.717, 1.165) is 37.1 Å². The first kappa shape index (κ1) is 12.6. The number of aryl methyl sites for hydroxylation is 1. The Hall–Kier alpha value is -1.42. The van der Waals surface area contributed by atoms with Crippen LogP contribution in [0.5, 0.6) is 0 Å². The molecule has 2 aromatic heterocycles. The van der Waals surface area contributed by atoms with Crippen LogP contribution in [0.4, 0.5) is 0 Å². The molecule has 1 aliphatic heterocycles. The molecule has 1 fully saturated rings. The smallest absolute Gasteiger partial charge is 0.159 e. The van der Waals surface area contributed by atoms with Crippen molar-refractivity contribution in [3.8, 4) is 0 Å². The first-order valence-corrected chi connectivity index (χ1v) is 7.42. The van der Waals surface area contributed by atoms with Gasteiger partial charge in [0.05, 0.1) is 0 Å². The molecule has 3 rings (SSSR count). The van der Waals surface area contributed by atoms with Gasteiger partial charge in [-0.2, -0.15) is 0 Å². The highest BCUT2D eigenvalue weighted by Crippen LogP contribution is 2.18. The van der Waals surface area contributed by atoms with Crippen molar-refractivity contribution in [3.63, 3.8) is 0 Å². The molecule has 1 saturated heterocycles. The molecule has 4 nitrogen and oxygen atoms in total. The number of pyridine rings is 1. The average molecular weight is 258 g/mol. The van der Waals surface area contributed by atoms with Crippen LogP contribution in [0.25, 0.3) is 11.2 Å². The maximum absolute atomic E-state index is 4.79. The van der Waals surface area contributed by atoms with Crippen molar-refractivity contribution in [2.45, 2.75) is 51.6 Å². The van der Waals surface area contributed by atoms with Gasteiger partial charge in [-0.05, 0) is 37.9 Å². The van der Waals surface area contributed by atoms with Crippen molar-refractivity contribution in [2.24, 2.45) is 0 Å². The predicted molar refractivity (Wildman–Crippen MR) is 77.2 cm³/mol. The second-order valence-corrected chi connectivity index (χ2v) is 5.38. The van der Waals surface area contributed by atoms with E-state index in [4.69, 9.17) is 4.98 Å². The van der Waals surface area contributed by atoms with Crippen molar-refractivity contribution in [3.05, 3.63) is 24.2 Å². The van der Waals surface area contributed by atoms with Gasteiger partial charge in [0.25, 0.3) is 0 Å². The zero-order chi connectivity index (χ0) is 13.1. The summed E-state index contributed by atoms with van der Waals surface area (Å²) in [5.74, 6) is 1.19. The van der Waals surface area contributed by atoms with Crippen molar-refractivity contribution < 1.29 is 0 Å². The van der Waals surface area contributed by atoms with Crippen LogP contribution >= 0.6 is 0 Å². The number of nitrogens with zero attached hydrogens (tertiary/aromatic N) is 3. The Balaban J connectivity index is 1.90. The minimum absolute atomic E-state index is 0.584. The number of hydrogen-bond donors (Lipinski definition) is 1. The molecule has 0 amide bonds. The third kappa shape index (κ3) is 2.63. The molecule has 1 N–H and O–H groups in total. The molecule has 0 bridgehead atoms. The molecule has 102 valence electrons. The summed E-state index contributed by atoms with van der Waals surface area (Å²) >= 11 is 0. The van der Waals surface area contributed by atoms with Crippen LogP contribution in [0.15, 0.2) is 18.3 Å². The second kappa shape index (κ2) is 5.70. The molecule has 2 aromatic rings. The lowest BCUT2D eigenvalue weighted by atomic mass is 10.0. The predicted octanol–water partition coefficient (Wildman–Crippen LogP) is 2.53. The highest BCUT2D eigenvalue weighted by atomic mass is 15.1. The van der Waals surface area contributed by atoms with E-state index in [0.29, 0.717) is 6.04 Å². The Kier molecular flexibility index (Phi) is 3.78. The van der Waals surface area contributed by atoms with Gasteiger partial charge in [0.15, 0.2) is 5.65 Å². The number of piperidine rings is 1. The van der Waals surface area contributed by atoms with E-state index in [-0.39, 0.29) is 0 Å². The van der Waals surface area contributed by atoms with Gasteiger partial charge >= 0.3 is 0 Å². The maximum atomic E-state index is 4.79. The van der Waals surface area contributed by atoms with Crippen LogP contribution in [0.2, 0.25) is 0 Å². The number of imidazole rings is 1. The van der Waals surface area contributed by atoms with E-state index in [1.165, 1.54) is 25.1 Å². The molecular formula is C15H22N4. The molecule has 0 radical (unpaired) electrons. The monoisotopic (exact) mass is 258 g/mol. The number of hydrogen-bond acceptors (Lipinski definition) is 3. The summed E-state index contributed by atoms with van der Waals surface area (Å²) < 4.78 is 2.30. The molecule has 0 aromatic carbocycles. The van der Waals surface area contributed by atoms with E-state index in [2.05, 4.69) is 27.9 Å². The summed E-state index contributed by atoms with van der Waals surface area (Å²) in [6.45, 7) is 4.36. The first-order valence-electron chi connectivity index (χ1n) is 7.42. The number of nitrogens with one attached hydrogen (secondary N) is 1. The zero-order valence-corrected chi connectivity index (χ0v) is 11.6. The van der Waals surface area contributed by atoms with Crippen molar-refractivity contribution >= 4 is 11.2 Å². The minimum Gasteiger partial charge on any atom is -0.314 e. The van der Waals surface area contributed by atoms with Crippen LogP contribution in [0.3, 0.4) is 0 Å². The quantitative estimate of drug-likeness (QED) is 0.916. The Morgan fingerprint density at radius 1 is 1.42 bits per heavy atom. The summed E-state index contributed by atoms with van der Waals surface area (Å²) in [6, 6.07) is 4.61. The molecule has 0 aliphatic carbocycles. The van der Waals surface area contributed by atoms with Crippen LogP contribution in [-0.2, 0) is 13.0 Å². The van der Waals surface area contributed by atoms with Gasteiger partial charge in [0, 0.05) is 25.2 Å². The zero-order valence-electron chi connectivity index (χ0n) is 11.6. The Bertz CT molecular complexity index is 540. The molecule has 1 atom stereocenters. The van der Waals surface area contributed by atoms with Crippen LogP contribution in [0, 0.1) is 0 Å². The summed E-state index contributed by atoms with van der Waals surface area (Å²) in [4.78, 5) is 9.28. The van der Waals surface area contributed by atoms with Gasteiger partial charge in [-0.3, -0.25) is 0 Å². The highest BCUT2D eigenvalue weighted by molar-refractivity contribution is 5.71. The van der Waals surface area contributed by atoms with E-state index in [1.807, 2.05) is 12.3 Å². The summed E-state index contributed by atoms with van der Waals surface area (Å²) in [5, 5.41) is 3.61. The molecule has 0 spiro atoms. The largest absolute Gasteiger partial charge is 0.314 e. The summed E-state index contributed by atoms with van der Waals surface area (Å²) in [5.41, 5.74) is 2.07. The lowest BCUT2D eigenvalue weighted by molar-refractivity contribution is 0.390. The summed E-state index contributed by atoms with van der Waals surface area (Å²) in [6.07, 6.45) is 7.92. The fraction of sp³-hybridized carbons (Fsp3) is 0.600. The third-order valence-corrected chi connectivity index (χ3v) is 3.87. The molecule has 4 heteroatoms. The first-order chi connectivity index (χ1) is 9.38. The topological polar surface area (TPSA) is 42.7 Å². The van der Waals surface area contributed by atoms with Crippen molar-refractivity contribution in [2.75, 3.05) is 6.54 Å². The molecule has 19 heavy (non-hydrogen) atoms. The van der Waals surface area contributed by atoms with E-state index >= 15 is 0 Å². The van der Waals surface area contributed by atoms with Gasteiger partial charge in [-0.25, -0.2) is 9.97 Å². The van der Waals surface area contributed by atoms with E-state index < -0.39 is 0 Å². The van der Waals surface area contributed by atoms with E-state index in [1.54, 1.807) is 0 Å². The van der Waals surface area contributed by atoms with Gasteiger partial charge < -0.3 is 9.88 Å². The minimum atomic E-state index is 0.584. The fourth-order valence-corrected chi connectivity index (χ4v) is 2.94. The molecule has 1 unspecified atom stereocenters. The molecule has 3 heterocycles. The van der Waals surface area contributed by atoms with Gasteiger partial charge in [-0.1, -0.05) is 13.3 Å². The van der Waals surface area contributed by atoms with Gasteiger partial charge in [0.1, 0.15) is 11.3 Å². The van der Waals surface area contributed by atoms with Crippen molar-refractivity contribution in [1.29, 1.82) is 0 Å². The highest BCUT2D eigenvalue weighted by Gasteiger charge is 2.18. The molecule has 1 aliphatic rings. The van der Waals surface area contributed by atoms with Gasteiger partial charge in [-0.15, -0.1) is 0 Å². The Labute approximate surface area is 114 Å². The van der Waals surface area contributed by atoms with Crippen molar-refractivity contribution in [1.82, 2.24) is 19.9 Å². The van der Waals surface area contributed by atoms with Crippen LogP contribution in [-0.4, -0.2) is 27.1 Å². The average Bonchev–Trinajstić information content (AvgIpc) is 2.79. The number of aromatic nitrogens is 3. The number of rotatable bonds is 4. The molecule has 0 saturated carbocycles. The van der Waals surface area contributed by atoms with Crippen LogP contribution < -0.4 is 5.32 Å². The Morgan fingerprint density at radius 3 is 3.16 bits per heavy atom. The lowest BCUT2D eigenvalue weighted by Crippen LogP contribution is -2.36. The number of fused-ring (bicyclic) bond motifs is 1. The summed E-state index contributed by atoms with van der Waals surface area (Å²) in [7, 11) is 0.